The monoisotopic (exact) mass is 352 g/mol. The van der Waals surface area contributed by atoms with Gasteiger partial charge in [0.15, 0.2) is 11.6 Å². The highest BCUT2D eigenvalue weighted by Gasteiger charge is 2.61. The first-order valence-corrected chi connectivity index (χ1v) is 10.2. The Balaban J connectivity index is 1.50. The maximum absolute atomic E-state index is 13.3. The molecule has 0 saturated heterocycles. The van der Waals surface area contributed by atoms with Gasteiger partial charge in [-0.3, -0.25) is 9.59 Å². The van der Waals surface area contributed by atoms with E-state index in [-0.39, 0.29) is 16.9 Å². The molecule has 6 atom stereocenters. The summed E-state index contributed by atoms with van der Waals surface area (Å²) < 4.78 is 2.02. The number of ketones is 2. The van der Waals surface area contributed by atoms with Crippen LogP contribution in [-0.4, -0.2) is 21.1 Å². The van der Waals surface area contributed by atoms with E-state index in [9.17, 15) is 9.59 Å². The summed E-state index contributed by atoms with van der Waals surface area (Å²) in [5.41, 5.74) is 1.39. The van der Waals surface area contributed by atoms with Gasteiger partial charge < -0.3 is 4.57 Å². The second kappa shape index (κ2) is 5.40. The molecule has 4 nitrogen and oxygen atoms in total. The minimum absolute atomic E-state index is 0.0380. The molecule has 0 amide bonds. The van der Waals surface area contributed by atoms with Gasteiger partial charge >= 0.3 is 0 Å². The summed E-state index contributed by atoms with van der Waals surface area (Å²) in [6.45, 7) is 4.63. The smallest absolute Gasteiger partial charge is 0.161 e. The summed E-state index contributed by atoms with van der Waals surface area (Å²) >= 11 is 0. The van der Waals surface area contributed by atoms with Crippen molar-refractivity contribution in [1.82, 2.24) is 9.55 Å². The van der Waals surface area contributed by atoms with E-state index in [1.165, 1.54) is 5.57 Å². The lowest BCUT2D eigenvalue weighted by Crippen LogP contribution is -2.50. The number of fused-ring (bicyclic) bond motifs is 5. The molecule has 0 radical (unpaired) electrons. The number of allylic oxidation sites excluding steroid dienone is 1. The van der Waals surface area contributed by atoms with Gasteiger partial charge in [-0.15, -0.1) is 0 Å². The first kappa shape index (κ1) is 16.5. The molecule has 4 aliphatic rings. The van der Waals surface area contributed by atoms with Crippen LogP contribution in [0.25, 0.3) is 0 Å². The highest BCUT2D eigenvalue weighted by Crippen LogP contribution is 2.65. The first-order valence-electron chi connectivity index (χ1n) is 10.2. The normalized spacial score (nSPS) is 44.9. The van der Waals surface area contributed by atoms with Gasteiger partial charge in [-0.2, -0.15) is 0 Å². The lowest BCUT2D eigenvalue weighted by molar-refractivity contribution is -0.134. The van der Waals surface area contributed by atoms with Crippen LogP contribution in [0.3, 0.4) is 0 Å². The highest BCUT2D eigenvalue weighted by molar-refractivity contribution is 5.92. The standard InChI is InChI=1S/C22H28N2O2/c1-21-7-5-15(25)11-14(21)3-4-16-17(21)6-8-22(2)18(16)12-19(20(22)26)24-10-9-23-13-24/h9-11,13,16-19H,3-8,12H2,1-2H3/t16-,17+,18+,19+,21+,22+/m1/s1. The molecule has 3 saturated carbocycles. The Bertz CT molecular complexity index is 795. The number of carbonyl (C=O) groups excluding carboxylic acids is 2. The summed E-state index contributed by atoms with van der Waals surface area (Å²) in [6.07, 6.45) is 14.4. The lowest BCUT2D eigenvalue weighted by Gasteiger charge is -2.56. The Kier molecular flexibility index (Phi) is 3.42. The Morgan fingerprint density at radius 2 is 1.92 bits per heavy atom. The maximum atomic E-state index is 13.3. The number of rotatable bonds is 1. The molecule has 5 rings (SSSR count). The number of imidazole rings is 1. The van der Waals surface area contributed by atoms with Crippen LogP contribution in [0, 0.1) is 28.6 Å². The number of carbonyl (C=O) groups is 2. The third-order valence-electron chi connectivity index (χ3n) is 8.58. The van der Waals surface area contributed by atoms with Crippen LogP contribution >= 0.6 is 0 Å². The largest absolute Gasteiger partial charge is 0.327 e. The quantitative estimate of drug-likeness (QED) is 0.763. The second-order valence-corrected chi connectivity index (χ2v) is 9.55. The number of hydrogen-bond donors (Lipinski definition) is 0. The summed E-state index contributed by atoms with van der Waals surface area (Å²) in [5.74, 6) is 2.44. The van der Waals surface area contributed by atoms with E-state index < -0.39 is 0 Å². The SMILES string of the molecule is C[C@]12CCC(=O)C=C1CC[C@@H]1[C@@H]2CC[C@]2(C)C(=O)[C@@H](n3ccnc3)C[C@@H]12. The topological polar surface area (TPSA) is 52.0 Å². The van der Waals surface area contributed by atoms with Gasteiger partial charge in [0.2, 0.25) is 0 Å². The fourth-order valence-corrected chi connectivity index (χ4v) is 7.06. The Morgan fingerprint density at radius 3 is 2.69 bits per heavy atom. The van der Waals surface area contributed by atoms with Crippen molar-refractivity contribution in [2.24, 2.45) is 28.6 Å². The van der Waals surface area contributed by atoms with E-state index in [2.05, 4.69) is 18.8 Å². The predicted octanol–water partition coefficient (Wildman–Crippen LogP) is 4.14. The van der Waals surface area contributed by atoms with E-state index >= 15 is 0 Å². The van der Waals surface area contributed by atoms with Gasteiger partial charge in [-0.25, -0.2) is 4.98 Å². The first-order chi connectivity index (χ1) is 12.4. The average Bonchev–Trinajstić information content (AvgIpc) is 3.23. The molecule has 0 aromatic carbocycles. The van der Waals surface area contributed by atoms with Crippen molar-refractivity contribution >= 4 is 11.6 Å². The molecule has 26 heavy (non-hydrogen) atoms. The molecular weight excluding hydrogens is 324 g/mol. The minimum atomic E-state index is -0.182. The Labute approximate surface area is 155 Å². The van der Waals surface area contributed by atoms with E-state index in [1.807, 2.05) is 16.8 Å². The summed E-state index contributed by atoms with van der Waals surface area (Å²) in [6, 6.07) is -0.0380. The fourth-order valence-electron chi connectivity index (χ4n) is 7.06. The predicted molar refractivity (Wildman–Crippen MR) is 98.4 cm³/mol. The van der Waals surface area contributed by atoms with E-state index in [4.69, 9.17) is 0 Å². The average molecular weight is 352 g/mol. The van der Waals surface area contributed by atoms with Crippen LogP contribution in [-0.2, 0) is 9.59 Å². The van der Waals surface area contributed by atoms with Crippen molar-refractivity contribution in [2.75, 3.05) is 0 Å². The number of Topliss-reactive ketones (excluding diaryl/α,β-unsaturated/α-hetero) is 1. The number of hydrogen-bond acceptors (Lipinski definition) is 3. The molecule has 1 aromatic rings. The van der Waals surface area contributed by atoms with Crippen molar-refractivity contribution < 1.29 is 9.59 Å². The van der Waals surface area contributed by atoms with Crippen LogP contribution in [0.2, 0.25) is 0 Å². The van der Waals surface area contributed by atoms with Crippen molar-refractivity contribution in [3.8, 4) is 0 Å². The van der Waals surface area contributed by atoms with Crippen molar-refractivity contribution in [1.29, 1.82) is 0 Å². The summed E-state index contributed by atoms with van der Waals surface area (Å²) in [5, 5.41) is 0. The van der Waals surface area contributed by atoms with Crippen LogP contribution in [0.4, 0.5) is 0 Å². The highest BCUT2D eigenvalue weighted by atomic mass is 16.1. The van der Waals surface area contributed by atoms with Gasteiger partial charge in [-0.1, -0.05) is 19.4 Å². The van der Waals surface area contributed by atoms with Crippen LogP contribution in [0.5, 0.6) is 0 Å². The van der Waals surface area contributed by atoms with Gasteiger partial charge in [-0.05, 0) is 67.8 Å². The van der Waals surface area contributed by atoms with Gasteiger partial charge in [0.25, 0.3) is 0 Å². The molecule has 0 aliphatic heterocycles. The molecule has 0 spiro atoms. The Morgan fingerprint density at radius 1 is 1.08 bits per heavy atom. The zero-order chi connectivity index (χ0) is 18.1. The van der Waals surface area contributed by atoms with Crippen LogP contribution in [0.15, 0.2) is 30.4 Å². The van der Waals surface area contributed by atoms with E-state index in [1.54, 1.807) is 12.5 Å². The molecule has 0 bridgehead atoms. The van der Waals surface area contributed by atoms with Gasteiger partial charge in [0.1, 0.15) is 0 Å². The zero-order valence-electron chi connectivity index (χ0n) is 15.8. The number of nitrogens with zero attached hydrogens (tertiary/aromatic N) is 2. The second-order valence-electron chi connectivity index (χ2n) is 9.55. The van der Waals surface area contributed by atoms with Crippen LogP contribution in [0.1, 0.15) is 64.8 Å². The van der Waals surface area contributed by atoms with Gasteiger partial charge in [0.05, 0.1) is 12.4 Å². The van der Waals surface area contributed by atoms with E-state index in [0.29, 0.717) is 35.7 Å². The van der Waals surface area contributed by atoms with Crippen molar-refractivity contribution in [2.45, 2.75) is 64.8 Å². The summed E-state index contributed by atoms with van der Waals surface area (Å²) in [7, 11) is 0. The Hall–Kier alpha value is -1.71. The minimum Gasteiger partial charge on any atom is -0.327 e. The molecule has 1 heterocycles. The summed E-state index contributed by atoms with van der Waals surface area (Å²) in [4.78, 5) is 29.4. The number of aromatic nitrogens is 2. The molecule has 4 aliphatic carbocycles. The van der Waals surface area contributed by atoms with Gasteiger partial charge in [0, 0.05) is 24.2 Å². The molecular formula is C22H28N2O2. The fraction of sp³-hybridized carbons (Fsp3) is 0.682. The van der Waals surface area contributed by atoms with Crippen molar-refractivity contribution in [3.05, 3.63) is 30.4 Å². The molecule has 138 valence electrons. The molecule has 0 unspecified atom stereocenters. The molecule has 4 heteroatoms. The third kappa shape index (κ3) is 2.04. The van der Waals surface area contributed by atoms with Crippen molar-refractivity contribution in [3.63, 3.8) is 0 Å². The van der Waals surface area contributed by atoms with E-state index in [0.717, 1.165) is 38.5 Å². The molecule has 1 aromatic heterocycles. The molecule has 0 N–H and O–H groups in total. The maximum Gasteiger partial charge on any atom is 0.161 e. The van der Waals surface area contributed by atoms with Crippen LogP contribution < -0.4 is 0 Å². The molecule has 3 fully saturated rings. The zero-order valence-corrected chi connectivity index (χ0v) is 15.8. The third-order valence-corrected chi connectivity index (χ3v) is 8.58. The lowest BCUT2D eigenvalue weighted by atomic mass is 9.47.